The molecule has 7 heteroatoms. The van der Waals surface area contributed by atoms with E-state index in [1.165, 1.54) is 31.4 Å². The number of rotatable bonds is 5. The first kappa shape index (κ1) is 19.2. The van der Waals surface area contributed by atoms with E-state index in [2.05, 4.69) is 20.8 Å². The highest BCUT2D eigenvalue weighted by molar-refractivity contribution is 7.87. The van der Waals surface area contributed by atoms with E-state index in [1.807, 2.05) is 18.2 Å². The maximum absolute atomic E-state index is 12.0. The van der Waals surface area contributed by atoms with Gasteiger partial charge in [0.2, 0.25) is 0 Å². The smallest absolute Gasteiger partial charge is 0.353 e. The van der Waals surface area contributed by atoms with Crippen LogP contribution in [-0.2, 0) is 19.0 Å². The molecular formula is C19H16O6S. The average molecular weight is 372 g/mol. The first-order chi connectivity index (χ1) is 12.4. The molecule has 0 aromatic heterocycles. The summed E-state index contributed by atoms with van der Waals surface area (Å²) in [5.74, 6) is 3.42. The van der Waals surface area contributed by atoms with Crippen LogP contribution >= 0.6 is 0 Å². The molecule has 0 aliphatic carbocycles. The molecule has 0 N–H and O–H groups in total. The molecule has 2 aromatic carbocycles. The molecule has 0 atom stereocenters. The second kappa shape index (κ2) is 8.83. The van der Waals surface area contributed by atoms with Crippen LogP contribution in [0.3, 0.4) is 0 Å². The molecule has 0 spiro atoms. The minimum absolute atomic E-state index is 0.0205. The van der Waals surface area contributed by atoms with Crippen molar-refractivity contribution in [3.05, 3.63) is 71.3 Å². The number of hydrogen-bond acceptors (Lipinski definition) is 6. The van der Waals surface area contributed by atoms with E-state index in [-0.39, 0.29) is 17.5 Å². The number of hydrogen-bond donors (Lipinski definition) is 0. The van der Waals surface area contributed by atoms with Gasteiger partial charge in [0.15, 0.2) is 0 Å². The van der Waals surface area contributed by atoms with Crippen molar-refractivity contribution in [2.75, 3.05) is 12.9 Å². The van der Waals surface area contributed by atoms with Gasteiger partial charge in [-0.2, -0.15) is 8.42 Å². The van der Waals surface area contributed by atoms with E-state index < -0.39 is 27.8 Å². The topological polar surface area (TPSA) is 86.7 Å². The van der Waals surface area contributed by atoms with Gasteiger partial charge < -0.3 is 8.92 Å². The standard InChI is InChI=1S/C19H16O6S/c1-24-18(20)16-11-7-12-17(14-16)19(21)25-26(22,23)13-6-5-10-15-8-3-2-4-9-15/h2-4,7-9,11-12,14H,6,13H2,1H3. The first-order valence-corrected chi connectivity index (χ1v) is 9.18. The molecule has 2 aromatic rings. The lowest BCUT2D eigenvalue weighted by atomic mass is 10.1. The number of carbonyl (C=O) groups is 2. The highest BCUT2D eigenvalue weighted by Crippen LogP contribution is 2.10. The number of methoxy groups -OCH3 is 1. The molecule has 0 saturated heterocycles. The van der Waals surface area contributed by atoms with Crippen LogP contribution in [0.1, 0.15) is 32.7 Å². The highest BCUT2D eigenvalue weighted by Gasteiger charge is 2.19. The van der Waals surface area contributed by atoms with Crippen LogP contribution in [0.5, 0.6) is 0 Å². The first-order valence-electron chi connectivity index (χ1n) is 7.60. The van der Waals surface area contributed by atoms with Gasteiger partial charge in [0.05, 0.1) is 24.0 Å². The molecule has 26 heavy (non-hydrogen) atoms. The third-order valence-electron chi connectivity index (χ3n) is 3.21. The van der Waals surface area contributed by atoms with Crippen molar-refractivity contribution in [2.45, 2.75) is 6.42 Å². The summed E-state index contributed by atoms with van der Waals surface area (Å²) in [6.07, 6.45) is 0.0205. The molecule has 134 valence electrons. The molecule has 0 aliphatic heterocycles. The Hall–Kier alpha value is -3.11. The zero-order chi connectivity index (χ0) is 19.0. The van der Waals surface area contributed by atoms with Crippen LogP contribution in [0.15, 0.2) is 54.6 Å². The van der Waals surface area contributed by atoms with Crippen molar-refractivity contribution in [2.24, 2.45) is 0 Å². The van der Waals surface area contributed by atoms with Gasteiger partial charge in [-0.15, -0.1) is 0 Å². The Morgan fingerprint density at radius 2 is 1.62 bits per heavy atom. The Balaban J connectivity index is 1.97. The van der Waals surface area contributed by atoms with Crippen LogP contribution in [-0.4, -0.2) is 33.2 Å². The molecule has 6 nitrogen and oxygen atoms in total. The number of esters is 1. The highest BCUT2D eigenvalue weighted by atomic mass is 32.2. The van der Waals surface area contributed by atoms with Crippen LogP contribution in [0.2, 0.25) is 0 Å². The van der Waals surface area contributed by atoms with E-state index in [4.69, 9.17) is 0 Å². The minimum atomic E-state index is -4.09. The molecule has 2 rings (SSSR count). The van der Waals surface area contributed by atoms with Gasteiger partial charge in [-0.3, -0.25) is 0 Å². The summed E-state index contributed by atoms with van der Waals surface area (Å²) in [6, 6.07) is 14.5. The lowest BCUT2D eigenvalue weighted by Gasteiger charge is -2.05. The third kappa shape index (κ3) is 5.76. The van der Waals surface area contributed by atoms with E-state index in [0.717, 1.165) is 5.56 Å². The SMILES string of the molecule is COC(=O)c1cccc(C(=O)OS(=O)(=O)CCC#Cc2ccccc2)c1. The van der Waals surface area contributed by atoms with E-state index in [9.17, 15) is 18.0 Å². The fourth-order valence-electron chi connectivity index (χ4n) is 1.96. The molecular weight excluding hydrogens is 356 g/mol. The van der Waals surface area contributed by atoms with E-state index >= 15 is 0 Å². The summed E-state index contributed by atoms with van der Waals surface area (Å²) in [7, 11) is -2.89. The number of carbonyl (C=O) groups excluding carboxylic acids is 2. The van der Waals surface area contributed by atoms with Crippen molar-refractivity contribution in [3.63, 3.8) is 0 Å². The zero-order valence-corrected chi connectivity index (χ0v) is 14.8. The average Bonchev–Trinajstić information content (AvgIpc) is 2.65. The largest absolute Gasteiger partial charge is 0.465 e. The Labute approximate surface area is 151 Å². The Morgan fingerprint density at radius 1 is 0.962 bits per heavy atom. The predicted molar refractivity (Wildman–Crippen MR) is 94.9 cm³/mol. The van der Waals surface area contributed by atoms with Crippen LogP contribution in [0.25, 0.3) is 0 Å². The van der Waals surface area contributed by atoms with Gasteiger partial charge >= 0.3 is 22.1 Å². The normalized spacial score (nSPS) is 10.3. The second-order valence-electron chi connectivity index (χ2n) is 5.12. The predicted octanol–water partition coefficient (Wildman–Crippen LogP) is 2.40. The summed E-state index contributed by atoms with van der Waals surface area (Å²) in [5.41, 5.74) is 0.821. The number of ether oxygens (including phenoxy) is 1. The fourth-order valence-corrected chi connectivity index (χ4v) is 2.72. The van der Waals surface area contributed by atoms with Gasteiger partial charge in [-0.05, 0) is 30.3 Å². The molecule has 0 heterocycles. The lowest BCUT2D eigenvalue weighted by Crippen LogP contribution is -2.16. The van der Waals surface area contributed by atoms with Crippen molar-refractivity contribution in [1.82, 2.24) is 0 Å². The van der Waals surface area contributed by atoms with Crippen molar-refractivity contribution in [3.8, 4) is 11.8 Å². The molecule has 0 bridgehead atoms. The molecule has 0 saturated carbocycles. The quantitative estimate of drug-likeness (QED) is 0.455. The Kier molecular flexibility index (Phi) is 6.53. The van der Waals surface area contributed by atoms with Crippen molar-refractivity contribution >= 4 is 22.1 Å². The van der Waals surface area contributed by atoms with Gasteiger partial charge in [-0.1, -0.05) is 36.1 Å². The maximum atomic E-state index is 12.0. The molecule has 0 amide bonds. The van der Waals surface area contributed by atoms with Gasteiger partial charge in [0.1, 0.15) is 0 Å². The summed E-state index contributed by atoms with van der Waals surface area (Å²) in [4.78, 5) is 23.4. The third-order valence-corrected chi connectivity index (χ3v) is 4.32. The Bertz CT molecular complexity index is 952. The van der Waals surface area contributed by atoms with Crippen molar-refractivity contribution < 1.29 is 26.9 Å². The number of benzene rings is 2. The lowest BCUT2D eigenvalue weighted by molar-refractivity contribution is 0.0600. The van der Waals surface area contributed by atoms with Gasteiger partial charge in [0, 0.05) is 12.0 Å². The Morgan fingerprint density at radius 3 is 2.27 bits per heavy atom. The van der Waals surface area contributed by atoms with Crippen molar-refractivity contribution in [1.29, 1.82) is 0 Å². The molecule has 0 aliphatic rings. The summed E-state index contributed by atoms with van der Waals surface area (Å²) in [6.45, 7) is 0. The van der Waals surface area contributed by atoms with Crippen LogP contribution < -0.4 is 0 Å². The summed E-state index contributed by atoms with van der Waals surface area (Å²) >= 11 is 0. The zero-order valence-electron chi connectivity index (χ0n) is 14.0. The van der Waals surface area contributed by atoms with Gasteiger partial charge in [-0.25, -0.2) is 9.59 Å². The summed E-state index contributed by atoms with van der Waals surface area (Å²) in [5, 5.41) is 0. The van der Waals surface area contributed by atoms with Crippen LogP contribution in [0, 0.1) is 11.8 Å². The summed E-state index contributed by atoms with van der Waals surface area (Å²) < 4.78 is 32.9. The van der Waals surface area contributed by atoms with E-state index in [1.54, 1.807) is 12.1 Å². The van der Waals surface area contributed by atoms with Gasteiger partial charge in [0.25, 0.3) is 0 Å². The molecule has 0 fully saturated rings. The monoisotopic (exact) mass is 372 g/mol. The fraction of sp³-hybridized carbons (Fsp3) is 0.158. The van der Waals surface area contributed by atoms with Crippen LogP contribution in [0.4, 0.5) is 0 Å². The maximum Gasteiger partial charge on any atom is 0.353 e. The molecule has 0 radical (unpaired) electrons. The minimum Gasteiger partial charge on any atom is -0.465 e. The van der Waals surface area contributed by atoms with E-state index in [0.29, 0.717) is 0 Å². The molecule has 0 unspecified atom stereocenters. The second-order valence-corrected chi connectivity index (χ2v) is 6.81.